The number of aryl methyl sites for hydroxylation is 1. The van der Waals surface area contributed by atoms with Crippen LogP contribution in [0.5, 0.6) is 0 Å². The first-order chi connectivity index (χ1) is 13.8. The zero-order chi connectivity index (χ0) is 21.1. The van der Waals surface area contributed by atoms with Gasteiger partial charge in [0.1, 0.15) is 5.69 Å². The van der Waals surface area contributed by atoms with E-state index < -0.39 is 5.97 Å². The number of rotatable bonds is 8. The number of ketones is 1. The van der Waals surface area contributed by atoms with Gasteiger partial charge in [0.25, 0.3) is 5.91 Å². The first-order valence-corrected chi connectivity index (χ1v) is 10.1. The van der Waals surface area contributed by atoms with E-state index in [0.29, 0.717) is 39.9 Å². The van der Waals surface area contributed by atoms with Gasteiger partial charge in [-0.2, -0.15) is 0 Å². The number of ether oxygens (including phenoxy) is 1. The Labute approximate surface area is 175 Å². The Morgan fingerprint density at radius 3 is 2.41 bits per heavy atom. The predicted octanol–water partition coefficient (Wildman–Crippen LogP) is 4.20. The minimum atomic E-state index is -0.487. The summed E-state index contributed by atoms with van der Waals surface area (Å²) in [5, 5.41) is 0.552. The fourth-order valence-corrected chi connectivity index (χ4v) is 3.56. The van der Waals surface area contributed by atoms with E-state index in [4.69, 9.17) is 16.3 Å². The van der Waals surface area contributed by atoms with Crippen LogP contribution in [0, 0.1) is 19.8 Å². The van der Waals surface area contributed by atoms with E-state index in [1.54, 1.807) is 49.9 Å². The molecule has 0 aliphatic heterocycles. The number of amides is 1. The van der Waals surface area contributed by atoms with Crippen LogP contribution in [-0.4, -0.2) is 47.2 Å². The average Bonchev–Trinajstić information content (AvgIpc) is 3.44. The van der Waals surface area contributed by atoms with Gasteiger partial charge in [-0.1, -0.05) is 11.6 Å². The monoisotopic (exact) mass is 416 g/mol. The van der Waals surface area contributed by atoms with Crippen LogP contribution >= 0.6 is 11.6 Å². The van der Waals surface area contributed by atoms with Crippen LogP contribution in [-0.2, 0) is 4.74 Å². The van der Waals surface area contributed by atoms with Crippen LogP contribution in [0.2, 0.25) is 5.02 Å². The SMILES string of the molecule is CCOC(=O)c1[nH]c(C)c(C(=O)CN(CC2CC2)C(=O)c2ccc(Cl)cc2)c1C. The number of Topliss-reactive ketones (excluding diaryl/α,β-unsaturated/α-hetero) is 1. The summed E-state index contributed by atoms with van der Waals surface area (Å²) in [6, 6.07) is 6.66. The lowest BCUT2D eigenvalue weighted by molar-refractivity contribution is 0.0519. The topological polar surface area (TPSA) is 79.5 Å². The average molecular weight is 417 g/mol. The van der Waals surface area contributed by atoms with Crippen molar-refractivity contribution in [1.82, 2.24) is 9.88 Å². The van der Waals surface area contributed by atoms with E-state index in [1.807, 2.05) is 0 Å². The molecule has 2 aromatic rings. The highest BCUT2D eigenvalue weighted by molar-refractivity contribution is 6.30. The zero-order valence-corrected chi connectivity index (χ0v) is 17.6. The van der Waals surface area contributed by atoms with Crippen molar-refractivity contribution in [1.29, 1.82) is 0 Å². The number of nitrogens with one attached hydrogen (secondary N) is 1. The van der Waals surface area contributed by atoms with E-state index in [2.05, 4.69) is 4.98 Å². The minimum absolute atomic E-state index is 0.0419. The highest BCUT2D eigenvalue weighted by Crippen LogP contribution is 2.30. The van der Waals surface area contributed by atoms with E-state index >= 15 is 0 Å². The molecule has 0 radical (unpaired) electrons. The lowest BCUT2D eigenvalue weighted by atomic mass is 10.0. The molecule has 0 bridgehead atoms. The van der Waals surface area contributed by atoms with E-state index in [-0.39, 0.29) is 30.5 Å². The largest absolute Gasteiger partial charge is 0.461 e. The molecule has 0 spiro atoms. The highest BCUT2D eigenvalue weighted by atomic mass is 35.5. The molecule has 1 aliphatic carbocycles. The number of aromatic nitrogens is 1. The molecule has 1 N–H and O–H groups in total. The molecule has 1 amide bonds. The molecule has 7 heteroatoms. The Morgan fingerprint density at radius 2 is 1.83 bits per heavy atom. The van der Waals surface area contributed by atoms with Gasteiger partial charge in [0.2, 0.25) is 0 Å². The second-order valence-electron chi connectivity index (χ2n) is 7.40. The van der Waals surface area contributed by atoms with Gasteiger partial charge in [0, 0.05) is 28.4 Å². The fraction of sp³-hybridized carbons (Fsp3) is 0.409. The molecular weight excluding hydrogens is 392 g/mol. The van der Waals surface area contributed by atoms with Gasteiger partial charge in [0.05, 0.1) is 13.2 Å². The van der Waals surface area contributed by atoms with Crippen molar-refractivity contribution in [3.05, 3.63) is 57.4 Å². The van der Waals surface area contributed by atoms with Crippen molar-refractivity contribution in [2.24, 2.45) is 5.92 Å². The maximum atomic E-state index is 13.1. The van der Waals surface area contributed by atoms with Crippen LogP contribution in [0.3, 0.4) is 0 Å². The molecule has 154 valence electrons. The number of hydrogen-bond donors (Lipinski definition) is 1. The molecule has 1 aliphatic rings. The van der Waals surface area contributed by atoms with Gasteiger partial charge in [-0.15, -0.1) is 0 Å². The number of carbonyl (C=O) groups is 3. The summed E-state index contributed by atoms with van der Waals surface area (Å²) < 4.78 is 5.05. The van der Waals surface area contributed by atoms with Crippen LogP contribution in [0.15, 0.2) is 24.3 Å². The van der Waals surface area contributed by atoms with E-state index in [9.17, 15) is 14.4 Å². The normalized spacial score (nSPS) is 13.2. The third-order valence-electron chi connectivity index (χ3n) is 5.08. The molecule has 0 atom stereocenters. The Morgan fingerprint density at radius 1 is 1.17 bits per heavy atom. The molecule has 1 aromatic heterocycles. The van der Waals surface area contributed by atoms with Crippen molar-refractivity contribution >= 4 is 29.3 Å². The molecule has 1 heterocycles. The molecule has 1 saturated carbocycles. The van der Waals surface area contributed by atoms with Crippen molar-refractivity contribution in [3.8, 4) is 0 Å². The maximum Gasteiger partial charge on any atom is 0.355 e. The summed E-state index contributed by atoms with van der Waals surface area (Å²) in [7, 11) is 0. The Kier molecular flexibility index (Phi) is 6.42. The standard InChI is InChI=1S/C22H25ClN2O4/c1-4-29-22(28)20-13(2)19(14(3)24-20)18(26)12-25(11-15-5-6-15)21(27)16-7-9-17(23)10-8-16/h7-10,15,24H,4-6,11-12H2,1-3H3. The molecular formula is C22H25ClN2O4. The summed E-state index contributed by atoms with van der Waals surface area (Å²) >= 11 is 5.92. The Balaban J connectivity index is 1.82. The number of aromatic amines is 1. The zero-order valence-electron chi connectivity index (χ0n) is 16.9. The quantitative estimate of drug-likeness (QED) is 0.516. The fourth-order valence-electron chi connectivity index (χ4n) is 3.43. The molecule has 0 saturated heterocycles. The summed E-state index contributed by atoms with van der Waals surface area (Å²) in [5.41, 5.74) is 2.37. The molecule has 29 heavy (non-hydrogen) atoms. The van der Waals surface area contributed by atoms with E-state index in [0.717, 1.165) is 12.8 Å². The number of benzene rings is 1. The maximum absolute atomic E-state index is 13.1. The van der Waals surface area contributed by atoms with Crippen molar-refractivity contribution < 1.29 is 19.1 Å². The number of hydrogen-bond acceptors (Lipinski definition) is 4. The lowest BCUT2D eigenvalue weighted by Gasteiger charge is -2.22. The first-order valence-electron chi connectivity index (χ1n) is 9.76. The van der Waals surface area contributed by atoms with Gasteiger partial charge in [-0.25, -0.2) is 4.79 Å². The number of nitrogens with zero attached hydrogens (tertiary/aromatic N) is 1. The van der Waals surface area contributed by atoms with Gasteiger partial charge in [-0.3, -0.25) is 9.59 Å². The first kappa shape index (κ1) is 21.1. The van der Waals surface area contributed by atoms with E-state index in [1.165, 1.54) is 0 Å². The summed E-state index contributed by atoms with van der Waals surface area (Å²) in [4.78, 5) is 42.8. The minimum Gasteiger partial charge on any atom is -0.461 e. The summed E-state index contributed by atoms with van der Waals surface area (Å²) in [5.74, 6) is -0.449. The Bertz CT molecular complexity index is 929. The third-order valence-corrected chi connectivity index (χ3v) is 5.34. The van der Waals surface area contributed by atoms with Crippen LogP contribution in [0.25, 0.3) is 0 Å². The van der Waals surface area contributed by atoms with Crippen LogP contribution in [0.4, 0.5) is 0 Å². The van der Waals surface area contributed by atoms with Gasteiger partial charge in [-0.05, 0) is 69.4 Å². The Hall–Kier alpha value is -2.60. The number of esters is 1. The summed E-state index contributed by atoms with van der Waals surface area (Å²) in [6.45, 7) is 5.95. The molecule has 1 aromatic carbocycles. The molecule has 3 rings (SSSR count). The van der Waals surface area contributed by atoms with Gasteiger partial charge < -0.3 is 14.6 Å². The van der Waals surface area contributed by atoms with Crippen LogP contribution < -0.4 is 0 Å². The predicted molar refractivity (Wildman–Crippen MR) is 111 cm³/mol. The van der Waals surface area contributed by atoms with Gasteiger partial charge in [0.15, 0.2) is 5.78 Å². The second kappa shape index (κ2) is 8.82. The van der Waals surface area contributed by atoms with Crippen LogP contribution in [0.1, 0.15) is 62.2 Å². The van der Waals surface area contributed by atoms with Crippen molar-refractivity contribution in [2.45, 2.75) is 33.6 Å². The molecule has 6 nitrogen and oxygen atoms in total. The van der Waals surface area contributed by atoms with Crippen molar-refractivity contribution in [2.75, 3.05) is 19.7 Å². The highest BCUT2D eigenvalue weighted by Gasteiger charge is 2.30. The number of halogens is 1. The number of carbonyl (C=O) groups excluding carboxylic acids is 3. The summed E-state index contributed by atoms with van der Waals surface area (Å²) in [6.07, 6.45) is 2.13. The lowest BCUT2D eigenvalue weighted by Crippen LogP contribution is -2.37. The molecule has 1 fully saturated rings. The number of H-pyrrole nitrogens is 1. The smallest absolute Gasteiger partial charge is 0.355 e. The van der Waals surface area contributed by atoms with Crippen molar-refractivity contribution in [3.63, 3.8) is 0 Å². The van der Waals surface area contributed by atoms with Gasteiger partial charge >= 0.3 is 5.97 Å². The molecule has 0 unspecified atom stereocenters. The third kappa shape index (κ3) is 4.88. The second-order valence-corrected chi connectivity index (χ2v) is 7.84.